The number of carbonyl (C=O) groups is 4. The van der Waals surface area contributed by atoms with Crippen LogP contribution in [-0.2, 0) is 25.6 Å². The van der Waals surface area contributed by atoms with Gasteiger partial charge in [-0.2, -0.15) is 11.8 Å². The van der Waals surface area contributed by atoms with Gasteiger partial charge in [0, 0.05) is 0 Å². The fourth-order valence-electron chi connectivity index (χ4n) is 2.48. The van der Waals surface area contributed by atoms with Gasteiger partial charge in [0.25, 0.3) is 0 Å². The zero-order valence-corrected chi connectivity index (χ0v) is 17.9. The molecule has 0 saturated heterocycles. The van der Waals surface area contributed by atoms with E-state index in [0.29, 0.717) is 5.75 Å². The zero-order chi connectivity index (χ0) is 23.4. The van der Waals surface area contributed by atoms with Gasteiger partial charge in [-0.25, -0.2) is 4.79 Å². The first-order valence-corrected chi connectivity index (χ1v) is 10.8. The number of thioether (sulfide) groups is 1. The van der Waals surface area contributed by atoms with Crippen LogP contribution in [0.2, 0.25) is 0 Å². The minimum absolute atomic E-state index is 0.0900. The Hall–Kier alpha value is -2.83. The number of aliphatic carboxylic acids is 1. The first kappa shape index (κ1) is 26.2. The summed E-state index contributed by atoms with van der Waals surface area (Å²) < 4.78 is 0. The van der Waals surface area contributed by atoms with Crippen molar-refractivity contribution >= 4 is 35.5 Å². The van der Waals surface area contributed by atoms with Gasteiger partial charge in [0.05, 0.1) is 19.2 Å². The predicted octanol–water partition coefficient (Wildman–Crippen LogP) is -1.82. The van der Waals surface area contributed by atoms with Crippen molar-refractivity contribution in [2.45, 2.75) is 31.0 Å². The van der Waals surface area contributed by atoms with Crippen molar-refractivity contribution in [2.75, 3.05) is 25.2 Å². The number of carboxylic acid groups (broad SMARTS) is 1. The smallest absolute Gasteiger partial charge is 0.328 e. The van der Waals surface area contributed by atoms with Crippen LogP contribution in [0.3, 0.4) is 0 Å². The van der Waals surface area contributed by atoms with E-state index >= 15 is 0 Å². The summed E-state index contributed by atoms with van der Waals surface area (Å²) in [6.45, 7) is -1.22. The molecule has 0 heterocycles. The molecule has 0 saturated carbocycles. The van der Waals surface area contributed by atoms with Gasteiger partial charge in [-0.15, -0.1) is 0 Å². The molecule has 0 aromatic heterocycles. The molecule has 11 nitrogen and oxygen atoms in total. The lowest BCUT2D eigenvalue weighted by molar-refractivity contribution is -0.143. The highest BCUT2D eigenvalue weighted by atomic mass is 32.2. The maximum absolute atomic E-state index is 12.3. The van der Waals surface area contributed by atoms with Gasteiger partial charge in [-0.05, 0) is 42.5 Å². The fraction of sp³-hybridized carbons (Fsp3) is 0.474. The van der Waals surface area contributed by atoms with Crippen molar-refractivity contribution in [1.82, 2.24) is 16.0 Å². The number of amides is 3. The number of aliphatic hydroxyl groups is 1. The first-order valence-electron chi connectivity index (χ1n) is 9.41. The van der Waals surface area contributed by atoms with Crippen LogP contribution >= 0.6 is 11.8 Å². The standard InChI is InChI=1S/C19H28N4O7S/c1-31-7-6-14(18(28)23-15(10-24)19(29)30)22-16(26)9-21-17(27)13(20)8-11-2-4-12(25)5-3-11/h2-5,13-15,24-25H,6-10,20H2,1H3,(H,21,27)(H,22,26)(H,23,28)(H,29,30)/t13-,14-,15-/m0/s1. The van der Waals surface area contributed by atoms with E-state index < -0.39 is 55.0 Å². The Morgan fingerprint density at radius 1 is 1.06 bits per heavy atom. The molecule has 0 bridgehead atoms. The second-order valence-corrected chi connectivity index (χ2v) is 7.66. The van der Waals surface area contributed by atoms with Crippen LogP contribution in [-0.4, -0.2) is 82.3 Å². The Balaban J connectivity index is 2.57. The summed E-state index contributed by atoms with van der Waals surface area (Å²) in [7, 11) is 0. The third-order valence-corrected chi connectivity index (χ3v) is 4.86. The summed E-state index contributed by atoms with van der Waals surface area (Å²) >= 11 is 1.43. The van der Waals surface area contributed by atoms with Crippen molar-refractivity contribution in [3.8, 4) is 5.75 Å². The summed E-state index contributed by atoms with van der Waals surface area (Å²) in [5.41, 5.74) is 6.57. The lowest BCUT2D eigenvalue weighted by Crippen LogP contribution is -2.54. The van der Waals surface area contributed by atoms with E-state index in [1.165, 1.54) is 23.9 Å². The highest BCUT2D eigenvalue weighted by Gasteiger charge is 2.26. The van der Waals surface area contributed by atoms with Crippen LogP contribution in [0.25, 0.3) is 0 Å². The Morgan fingerprint density at radius 2 is 1.71 bits per heavy atom. The van der Waals surface area contributed by atoms with Gasteiger partial charge < -0.3 is 37.0 Å². The van der Waals surface area contributed by atoms with E-state index in [9.17, 15) is 24.3 Å². The van der Waals surface area contributed by atoms with E-state index in [-0.39, 0.29) is 18.6 Å². The van der Waals surface area contributed by atoms with Crippen LogP contribution < -0.4 is 21.7 Å². The highest BCUT2D eigenvalue weighted by Crippen LogP contribution is 2.10. The molecule has 0 fully saturated rings. The Bertz CT molecular complexity index is 760. The highest BCUT2D eigenvalue weighted by molar-refractivity contribution is 7.98. The van der Waals surface area contributed by atoms with Crippen LogP contribution in [0.5, 0.6) is 5.75 Å². The minimum atomic E-state index is -1.49. The van der Waals surface area contributed by atoms with Gasteiger partial charge >= 0.3 is 5.97 Å². The van der Waals surface area contributed by atoms with E-state index in [0.717, 1.165) is 5.56 Å². The molecule has 3 atom stereocenters. The van der Waals surface area contributed by atoms with Crippen LogP contribution in [0.4, 0.5) is 0 Å². The van der Waals surface area contributed by atoms with Gasteiger partial charge in [0.15, 0.2) is 0 Å². The SMILES string of the molecule is CSCC[C@H](NC(=O)CNC(=O)[C@@H](N)Cc1ccc(O)cc1)C(=O)N[C@@H](CO)C(=O)O. The van der Waals surface area contributed by atoms with E-state index in [4.69, 9.17) is 15.9 Å². The molecular formula is C19H28N4O7S. The topological polar surface area (TPSA) is 191 Å². The lowest BCUT2D eigenvalue weighted by Gasteiger charge is -2.21. The van der Waals surface area contributed by atoms with Crippen LogP contribution in [0, 0.1) is 0 Å². The molecular weight excluding hydrogens is 428 g/mol. The molecule has 1 rings (SSSR count). The summed E-state index contributed by atoms with van der Waals surface area (Å²) in [5, 5.41) is 34.3. The number of nitrogens with one attached hydrogen (secondary N) is 3. The third kappa shape index (κ3) is 9.68. The van der Waals surface area contributed by atoms with Crippen molar-refractivity contribution in [1.29, 1.82) is 0 Å². The van der Waals surface area contributed by atoms with E-state index in [1.807, 2.05) is 0 Å². The number of phenolic OH excluding ortho intramolecular Hbond substituents is 1. The Morgan fingerprint density at radius 3 is 2.26 bits per heavy atom. The number of hydrogen-bond donors (Lipinski definition) is 7. The first-order chi connectivity index (χ1) is 14.7. The zero-order valence-electron chi connectivity index (χ0n) is 17.0. The Labute approximate surface area is 183 Å². The van der Waals surface area contributed by atoms with Gasteiger partial charge in [-0.1, -0.05) is 12.1 Å². The Kier molecular flexibility index (Phi) is 11.4. The number of aromatic hydroxyl groups is 1. The van der Waals surface area contributed by atoms with Gasteiger partial charge in [-0.3, -0.25) is 14.4 Å². The van der Waals surface area contributed by atoms with Crippen LogP contribution in [0.1, 0.15) is 12.0 Å². The molecule has 0 spiro atoms. The number of rotatable bonds is 13. The molecule has 1 aromatic carbocycles. The van der Waals surface area contributed by atoms with Gasteiger partial charge in [0.1, 0.15) is 17.8 Å². The number of nitrogens with two attached hydrogens (primary N) is 1. The summed E-state index contributed by atoms with van der Waals surface area (Å²) in [4.78, 5) is 47.6. The minimum Gasteiger partial charge on any atom is -0.508 e. The maximum atomic E-state index is 12.3. The summed E-state index contributed by atoms with van der Waals surface area (Å²) in [6, 6.07) is 2.75. The lowest BCUT2D eigenvalue weighted by atomic mass is 10.1. The van der Waals surface area contributed by atoms with Gasteiger partial charge in [0.2, 0.25) is 17.7 Å². The summed E-state index contributed by atoms with van der Waals surface area (Å²) in [6.07, 6.45) is 2.23. The third-order valence-electron chi connectivity index (χ3n) is 4.21. The van der Waals surface area contributed by atoms with Crippen molar-refractivity contribution < 1.29 is 34.5 Å². The monoisotopic (exact) mass is 456 g/mol. The number of benzene rings is 1. The van der Waals surface area contributed by atoms with Crippen LogP contribution in [0.15, 0.2) is 24.3 Å². The maximum Gasteiger partial charge on any atom is 0.328 e. The van der Waals surface area contributed by atoms with Crippen molar-refractivity contribution in [2.24, 2.45) is 5.73 Å². The number of phenols is 1. The van der Waals surface area contributed by atoms with E-state index in [1.54, 1.807) is 18.4 Å². The van der Waals surface area contributed by atoms with Crippen molar-refractivity contribution in [3.63, 3.8) is 0 Å². The summed E-state index contributed by atoms with van der Waals surface area (Å²) in [5.74, 6) is -2.77. The molecule has 0 aliphatic carbocycles. The number of aliphatic hydroxyl groups excluding tert-OH is 1. The molecule has 8 N–H and O–H groups in total. The largest absolute Gasteiger partial charge is 0.508 e. The molecule has 3 amide bonds. The fourth-order valence-corrected chi connectivity index (χ4v) is 2.96. The molecule has 172 valence electrons. The number of carboxylic acids is 1. The molecule has 0 aliphatic rings. The predicted molar refractivity (Wildman–Crippen MR) is 114 cm³/mol. The normalized spacial score (nSPS) is 13.5. The quantitative estimate of drug-likeness (QED) is 0.179. The molecule has 0 unspecified atom stereocenters. The average Bonchev–Trinajstić information content (AvgIpc) is 2.74. The molecule has 0 radical (unpaired) electrons. The van der Waals surface area contributed by atoms with E-state index in [2.05, 4.69) is 16.0 Å². The molecule has 31 heavy (non-hydrogen) atoms. The number of carbonyl (C=O) groups excluding carboxylic acids is 3. The molecule has 0 aliphatic heterocycles. The van der Waals surface area contributed by atoms with Crippen molar-refractivity contribution in [3.05, 3.63) is 29.8 Å². The molecule has 12 heteroatoms. The second-order valence-electron chi connectivity index (χ2n) is 6.68. The number of hydrogen-bond acceptors (Lipinski definition) is 8. The molecule has 1 aromatic rings. The second kappa shape index (κ2) is 13.5. The average molecular weight is 457 g/mol.